The molecule has 10 atom stereocenters. The van der Waals surface area contributed by atoms with Crippen LogP contribution in [0.25, 0.3) is 0 Å². The topological polar surface area (TPSA) is 208 Å². The van der Waals surface area contributed by atoms with Gasteiger partial charge in [-0.15, -0.1) is 0 Å². The molecule has 4 aromatic carbocycles. The number of hydrogen-bond donors (Lipinski definition) is 5. The lowest BCUT2D eigenvalue weighted by atomic mass is 10.0. The Morgan fingerprint density at radius 1 is 0.578 bits per heavy atom. The molecule has 0 spiro atoms. The number of alkyl halides is 1. The van der Waals surface area contributed by atoms with Gasteiger partial charge in [0.2, 0.25) is 0 Å². The van der Waals surface area contributed by atoms with Crippen molar-refractivity contribution in [2.45, 2.75) is 190 Å². The Labute approximate surface area is 498 Å². The lowest BCUT2D eigenvalue weighted by molar-refractivity contribution is -0.215. The number of alkyl carbamates (subject to hydrolysis) is 2. The van der Waals surface area contributed by atoms with Gasteiger partial charge < -0.3 is 59.1 Å². The summed E-state index contributed by atoms with van der Waals surface area (Å²) >= 11 is 3.27. The van der Waals surface area contributed by atoms with Gasteiger partial charge in [-0.05, 0) is 112 Å². The van der Waals surface area contributed by atoms with Gasteiger partial charge in [0.1, 0.15) is 23.7 Å². The summed E-state index contributed by atoms with van der Waals surface area (Å²) in [6, 6.07) is 33.4. The minimum Gasteiger partial charge on any atom is -0.508 e. The van der Waals surface area contributed by atoms with Crippen molar-refractivity contribution in [1.29, 1.82) is 0 Å². The fourth-order valence-electron chi connectivity index (χ4n) is 11.5. The van der Waals surface area contributed by atoms with Crippen molar-refractivity contribution in [2.24, 2.45) is 11.8 Å². The van der Waals surface area contributed by atoms with Gasteiger partial charge in [-0.2, -0.15) is 10.1 Å². The first-order valence-electron chi connectivity index (χ1n) is 30.0. The predicted molar refractivity (Wildman–Crippen MR) is 316 cm³/mol. The number of ether oxygens (including phenoxy) is 7. The molecule has 5 N–H and O–H groups in total. The Morgan fingerprint density at radius 3 is 1.43 bits per heavy atom. The third-order valence-electron chi connectivity index (χ3n) is 15.5. The summed E-state index contributed by atoms with van der Waals surface area (Å²) in [4.78, 5) is 39.4. The quantitative estimate of drug-likeness (QED) is 0.0327. The van der Waals surface area contributed by atoms with Crippen molar-refractivity contribution in [3.63, 3.8) is 0 Å². The van der Waals surface area contributed by atoms with E-state index in [0.29, 0.717) is 57.2 Å². The Morgan fingerprint density at radius 2 is 1.00 bits per heavy atom. The largest absolute Gasteiger partial charge is 0.508 e. The zero-order valence-electron chi connectivity index (χ0n) is 48.7. The first kappa shape index (κ1) is 64.1. The van der Waals surface area contributed by atoms with Crippen LogP contribution in [0.4, 0.5) is 9.59 Å². The van der Waals surface area contributed by atoms with Crippen LogP contribution in [0.2, 0.25) is 0 Å². The van der Waals surface area contributed by atoms with E-state index in [4.69, 9.17) is 42.8 Å². The van der Waals surface area contributed by atoms with Crippen molar-refractivity contribution in [3.8, 4) is 11.5 Å². The van der Waals surface area contributed by atoms with Crippen molar-refractivity contribution in [2.75, 3.05) is 39.5 Å². The number of halogens is 1. The maximum atomic E-state index is 13.1. The molecule has 19 heteroatoms. The van der Waals surface area contributed by atoms with E-state index in [1.54, 1.807) is 23.3 Å². The minimum atomic E-state index is -0.941. The monoisotopic (exact) mass is 1220 g/mol. The van der Waals surface area contributed by atoms with Crippen molar-refractivity contribution in [1.82, 2.24) is 20.8 Å². The second-order valence-corrected chi connectivity index (χ2v) is 25.0. The molecule has 0 radical (unpaired) electrons. The van der Waals surface area contributed by atoms with E-state index in [0.717, 1.165) is 92.2 Å². The molecular formula is C64H89BrN4O14. The molecule has 456 valence electrons. The fourth-order valence-corrected chi connectivity index (χ4v) is 11.5. The number of hydroxylamine groups is 4. The molecule has 6 aliphatic rings. The summed E-state index contributed by atoms with van der Waals surface area (Å²) in [6.45, 7) is 11.3. The second-order valence-electron chi connectivity index (χ2n) is 23.1. The zero-order valence-corrected chi connectivity index (χ0v) is 50.3. The van der Waals surface area contributed by atoms with Crippen LogP contribution < -0.4 is 15.4 Å². The Kier molecular flexibility index (Phi) is 25.6. The average molecular weight is 1220 g/mol. The average Bonchev–Trinajstić information content (AvgIpc) is 4.55. The normalized spacial score (nSPS) is 23.7. The van der Waals surface area contributed by atoms with Crippen molar-refractivity contribution in [3.05, 3.63) is 131 Å². The Hall–Kier alpha value is -4.90. The SMILES string of the molecule is CC(C)Br.CC(C)Oc1cccc(CN(CC(O)C(Cc2ccccc2)NC(=O)OC2COC3OCCC23)OC2CCCC2)c1.O=C(NC(Cc1ccccc1)C(O)CN(Cc1cccc(O)c1)OC1CCCC1)OC1COC2OCCC12. The van der Waals surface area contributed by atoms with E-state index in [2.05, 4.69) is 40.4 Å². The number of nitrogens with one attached hydrogen (secondary N) is 2. The van der Waals surface area contributed by atoms with E-state index < -0.39 is 36.5 Å². The highest BCUT2D eigenvalue weighted by Gasteiger charge is 2.45. The van der Waals surface area contributed by atoms with Gasteiger partial charge in [0.15, 0.2) is 12.6 Å². The van der Waals surface area contributed by atoms with Crippen LogP contribution in [-0.2, 0) is 64.0 Å². The maximum absolute atomic E-state index is 13.1. The number of hydrogen-bond acceptors (Lipinski definition) is 16. The van der Waals surface area contributed by atoms with Gasteiger partial charge in [0, 0.05) is 17.9 Å². The molecule has 2 amide bonds. The summed E-state index contributed by atoms with van der Waals surface area (Å²) in [7, 11) is 0. The van der Waals surface area contributed by atoms with Crippen LogP contribution in [0.1, 0.15) is 114 Å². The van der Waals surface area contributed by atoms with Crippen LogP contribution in [0.5, 0.6) is 11.5 Å². The summed E-state index contributed by atoms with van der Waals surface area (Å²) in [6.07, 6.45) is 6.87. The molecule has 10 unspecified atom stereocenters. The van der Waals surface area contributed by atoms with E-state index in [1.807, 2.05) is 110 Å². The van der Waals surface area contributed by atoms with Crippen LogP contribution in [-0.4, -0.2) is 149 Å². The van der Waals surface area contributed by atoms with Crippen molar-refractivity contribution < 1.29 is 67.7 Å². The maximum Gasteiger partial charge on any atom is 0.407 e. The zero-order chi connectivity index (χ0) is 58.5. The molecular weight excluding hydrogens is 1130 g/mol. The molecule has 2 aliphatic carbocycles. The lowest BCUT2D eigenvalue weighted by Gasteiger charge is -2.31. The Balaban J connectivity index is 0.000000204. The number of nitrogens with zero attached hydrogens (tertiary/aromatic N) is 2. The fraction of sp³-hybridized carbons (Fsp3) is 0.594. The number of amides is 2. The van der Waals surface area contributed by atoms with Crippen LogP contribution in [0, 0.1) is 11.8 Å². The first-order chi connectivity index (χ1) is 40.2. The lowest BCUT2D eigenvalue weighted by Crippen LogP contribution is -2.50. The number of carbonyl (C=O) groups is 2. The number of phenols is 1. The molecule has 0 bridgehead atoms. The standard InChI is InChI=1S/C32H44N2O7.C29H38N2O7.C3H7Br/c1-22(2)39-26-14-8-11-24(17-26)19-34(41-25-12-6-7-13-25)20-29(35)28(18-23-9-4-3-5-10-23)33-32(36)40-30-21-38-31-27(30)15-16-37-31;32-22-10-6-9-21(15-22)17-31(38-23-11-4-5-12-23)18-26(33)25(16-20-7-2-1-3-8-20)30-29(34)37-27-19-36-28-24(27)13-14-35-28;1-3(2)4/h3-5,8-11,14,17,22,25,27-31,35H,6-7,12-13,15-16,18-21H2,1-2H3,(H,33,36);1-3,6-10,15,23-28,32-33H,4-5,11-14,16-19H2,(H,30,34);3H,1-2H3. The van der Waals surface area contributed by atoms with E-state index >= 15 is 0 Å². The van der Waals surface area contributed by atoms with Gasteiger partial charge in [-0.25, -0.2) is 9.59 Å². The van der Waals surface area contributed by atoms with Gasteiger partial charge in [-0.1, -0.05) is 140 Å². The first-order valence-corrected chi connectivity index (χ1v) is 31.0. The highest BCUT2D eigenvalue weighted by atomic mass is 79.9. The highest BCUT2D eigenvalue weighted by Crippen LogP contribution is 2.35. The molecule has 0 aromatic heterocycles. The number of phenolic OH excluding ortho intramolecular Hbond substituents is 1. The Bertz CT molecular complexity index is 2520. The molecule has 83 heavy (non-hydrogen) atoms. The number of fused-ring (bicyclic) bond motifs is 2. The number of aliphatic hydroxyl groups excluding tert-OH is 2. The molecule has 4 aromatic rings. The number of carbonyl (C=O) groups excluding carboxylic acids is 2. The predicted octanol–water partition coefficient (Wildman–Crippen LogP) is 9.93. The molecule has 18 nitrogen and oxygen atoms in total. The van der Waals surface area contributed by atoms with Crippen LogP contribution >= 0.6 is 15.9 Å². The van der Waals surface area contributed by atoms with Gasteiger partial charge >= 0.3 is 12.2 Å². The summed E-state index contributed by atoms with van der Waals surface area (Å²) in [5.74, 6) is 1.07. The smallest absolute Gasteiger partial charge is 0.407 e. The number of aromatic hydroxyl groups is 1. The molecule has 4 aliphatic heterocycles. The van der Waals surface area contributed by atoms with E-state index in [9.17, 15) is 24.9 Å². The van der Waals surface area contributed by atoms with Gasteiger partial charge in [0.05, 0.1) is 94.0 Å². The van der Waals surface area contributed by atoms with Gasteiger partial charge in [-0.3, -0.25) is 9.68 Å². The molecule has 6 fully saturated rings. The summed E-state index contributed by atoms with van der Waals surface area (Å²) in [5.41, 5.74) is 3.89. The molecule has 4 heterocycles. The molecule has 4 saturated heterocycles. The molecule has 10 rings (SSSR count). The molecule has 2 saturated carbocycles. The van der Waals surface area contributed by atoms with Crippen molar-refractivity contribution >= 4 is 28.1 Å². The third kappa shape index (κ3) is 21.2. The number of benzene rings is 4. The van der Waals surface area contributed by atoms with E-state index in [1.165, 1.54) is 0 Å². The highest BCUT2D eigenvalue weighted by molar-refractivity contribution is 9.09. The van der Waals surface area contributed by atoms with Crippen LogP contribution in [0.15, 0.2) is 109 Å². The summed E-state index contributed by atoms with van der Waals surface area (Å²) in [5, 5.41) is 42.4. The second kappa shape index (κ2) is 33.1. The van der Waals surface area contributed by atoms with Crippen LogP contribution in [0.3, 0.4) is 0 Å². The van der Waals surface area contributed by atoms with E-state index in [-0.39, 0.29) is 73.8 Å². The van der Waals surface area contributed by atoms with Gasteiger partial charge in [0.25, 0.3) is 0 Å². The summed E-state index contributed by atoms with van der Waals surface area (Å²) < 4.78 is 39.7. The number of aliphatic hydroxyl groups is 2. The third-order valence-corrected chi connectivity index (χ3v) is 15.5. The number of rotatable bonds is 24. The minimum absolute atomic E-state index is 0.0378.